The molecule has 0 bridgehead atoms. The zero-order chi connectivity index (χ0) is 15.4. The lowest BCUT2D eigenvalue weighted by atomic mass is 9.74. The van der Waals surface area contributed by atoms with E-state index in [-0.39, 0.29) is 6.10 Å². The maximum absolute atomic E-state index is 10.4. The van der Waals surface area contributed by atoms with Crippen LogP contribution in [-0.2, 0) is 0 Å². The number of hydrogen-bond donors (Lipinski definition) is 1. The molecule has 0 radical (unpaired) electrons. The SMILES string of the molecule is CC(C)C1CCCN(CC2CC(C(C)C)CCC2O)CC1. The van der Waals surface area contributed by atoms with Crippen LogP contribution < -0.4 is 0 Å². The second-order valence-corrected chi connectivity index (χ2v) is 8.38. The summed E-state index contributed by atoms with van der Waals surface area (Å²) in [5.74, 6) is 3.86. The number of aliphatic hydroxyl groups is 1. The third-order valence-electron chi connectivity index (χ3n) is 6.23. The van der Waals surface area contributed by atoms with E-state index in [4.69, 9.17) is 0 Å². The van der Waals surface area contributed by atoms with Gasteiger partial charge in [-0.3, -0.25) is 0 Å². The van der Waals surface area contributed by atoms with Gasteiger partial charge >= 0.3 is 0 Å². The summed E-state index contributed by atoms with van der Waals surface area (Å²) < 4.78 is 0. The average molecular weight is 296 g/mol. The largest absolute Gasteiger partial charge is 0.393 e. The molecule has 1 heterocycles. The molecule has 0 aromatic heterocycles. The van der Waals surface area contributed by atoms with E-state index in [1.54, 1.807) is 0 Å². The fraction of sp³-hybridized carbons (Fsp3) is 1.00. The molecule has 2 rings (SSSR count). The maximum Gasteiger partial charge on any atom is 0.0580 e. The summed E-state index contributed by atoms with van der Waals surface area (Å²) >= 11 is 0. The molecule has 1 aliphatic heterocycles. The predicted octanol–water partition coefficient (Wildman–Crippen LogP) is 4.18. The molecule has 1 aliphatic carbocycles. The Morgan fingerprint density at radius 2 is 1.62 bits per heavy atom. The third kappa shape index (κ3) is 4.96. The van der Waals surface area contributed by atoms with E-state index in [1.165, 1.54) is 45.2 Å². The average Bonchev–Trinajstić information content (AvgIpc) is 2.66. The minimum atomic E-state index is -0.0517. The molecular weight excluding hydrogens is 258 g/mol. The molecular formula is C19H37NO. The van der Waals surface area contributed by atoms with Crippen molar-refractivity contribution in [3.05, 3.63) is 0 Å². The summed E-state index contributed by atoms with van der Waals surface area (Å²) in [6.45, 7) is 13.1. The maximum atomic E-state index is 10.4. The second kappa shape index (κ2) is 7.97. The van der Waals surface area contributed by atoms with Gasteiger partial charge in [0.2, 0.25) is 0 Å². The van der Waals surface area contributed by atoms with Crippen molar-refractivity contribution in [2.24, 2.45) is 29.6 Å². The fourth-order valence-corrected chi connectivity index (χ4v) is 4.45. The Balaban J connectivity index is 1.85. The highest BCUT2D eigenvalue weighted by atomic mass is 16.3. The number of aliphatic hydroxyl groups excluding tert-OH is 1. The molecule has 1 N–H and O–H groups in total. The summed E-state index contributed by atoms with van der Waals surface area (Å²) in [5, 5.41) is 10.4. The highest BCUT2D eigenvalue weighted by Crippen LogP contribution is 2.35. The molecule has 1 saturated heterocycles. The summed E-state index contributed by atoms with van der Waals surface area (Å²) in [7, 11) is 0. The Bertz CT molecular complexity index is 302. The van der Waals surface area contributed by atoms with E-state index >= 15 is 0 Å². The van der Waals surface area contributed by atoms with Crippen LogP contribution >= 0.6 is 0 Å². The van der Waals surface area contributed by atoms with Crippen molar-refractivity contribution in [1.82, 2.24) is 4.90 Å². The molecule has 4 atom stereocenters. The van der Waals surface area contributed by atoms with Crippen LogP contribution in [0.4, 0.5) is 0 Å². The van der Waals surface area contributed by atoms with Gasteiger partial charge in [-0.25, -0.2) is 0 Å². The van der Waals surface area contributed by atoms with Gasteiger partial charge in [0.25, 0.3) is 0 Å². The van der Waals surface area contributed by atoms with Crippen molar-refractivity contribution in [3.63, 3.8) is 0 Å². The first kappa shape index (κ1) is 17.3. The normalized spacial score (nSPS) is 36.1. The molecule has 2 nitrogen and oxygen atoms in total. The molecule has 1 saturated carbocycles. The molecule has 21 heavy (non-hydrogen) atoms. The molecule has 2 heteroatoms. The van der Waals surface area contributed by atoms with Crippen molar-refractivity contribution >= 4 is 0 Å². The first-order chi connectivity index (χ1) is 9.97. The molecule has 2 fully saturated rings. The van der Waals surface area contributed by atoms with Gasteiger partial charge in [0, 0.05) is 6.54 Å². The quantitative estimate of drug-likeness (QED) is 0.841. The Kier molecular flexibility index (Phi) is 6.55. The van der Waals surface area contributed by atoms with E-state index in [1.807, 2.05) is 0 Å². The number of likely N-dealkylation sites (tertiary alicyclic amines) is 1. The highest BCUT2D eigenvalue weighted by molar-refractivity contribution is 4.84. The summed E-state index contributed by atoms with van der Waals surface area (Å²) in [5.41, 5.74) is 0. The van der Waals surface area contributed by atoms with Gasteiger partial charge in [0.05, 0.1) is 6.10 Å². The van der Waals surface area contributed by atoms with Crippen molar-refractivity contribution in [1.29, 1.82) is 0 Å². The van der Waals surface area contributed by atoms with Crippen LogP contribution in [0.1, 0.15) is 66.2 Å². The van der Waals surface area contributed by atoms with Crippen molar-refractivity contribution in [2.75, 3.05) is 19.6 Å². The van der Waals surface area contributed by atoms with Crippen molar-refractivity contribution < 1.29 is 5.11 Å². The summed E-state index contributed by atoms with van der Waals surface area (Å²) in [6.07, 6.45) is 7.54. The van der Waals surface area contributed by atoms with Gasteiger partial charge in [-0.15, -0.1) is 0 Å². The second-order valence-electron chi connectivity index (χ2n) is 8.38. The molecule has 4 unspecified atom stereocenters. The Morgan fingerprint density at radius 1 is 0.905 bits per heavy atom. The van der Waals surface area contributed by atoms with E-state index in [9.17, 15) is 5.11 Å². The third-order valence-corrected chi connectivity index (χ3v) is 6.23. The van der Waals surface area contributed by atoms with Gasteiger partial charge in [-0.05, 0) is 81.2 Å². The lowest BCUT2D eigenvalue weighted by Gasteiger charge is -2.38. The lowest BCUT2D eigenvalue weighted by Crippen LogP contribution is -2.40. The van der Waals surface area contributed by atoms with Gasteiger partial charge in [0.15, 0.2) is 0 Å². The fourth-order valence-electron chi connectivity index (χ4n) is 4.45. The molecule has 0 amide bonds. The predicted molar refractivity (Wildman–Crippen MR) is 90.3 cm³/mol. The van der Waals surface area contributed by atoms with Crippen molar-refractivity contribution in [3.8, 4) is 0 Å². The Labute approximate surface area is 132 Å². The van der Waals surface area contributed by atoms with Crippen LogP contribution in [0.2, 0.25) is 0 Å². The number of nitrogens with zero attached hydrogens (tertiary/aromatic N) is 1. The molecule has 124 valence electrons. The van der Waals surface area contributed by atoms with Crippen LogP contribution in [-0.4, -0.2) is 35.7 Å². The summed E-state index contributed by atoms with van der Waals surface area (Å²) in [4.78, 5) is 2.65. The van der Waals surface area contributed by atoms with E-state index in [2.05, 4.69) is 32.6 Å². The molecule has 0 aromatic carbocycles. The van der Waals surface area contributed by atoms with Crippen LogP contribution in [0.3, 0.4) is 0 Å². The van der Waals surface area contributed by atoms with E-state index in [0.29, 0.717) is 5.92 Å². The molecule has 0 spiro atoms. The van der Waals surface area contributed by atoms with Crippen LogP contribution in [0.25, 0.3) is 0 Å². The standard InChI is InChI=1S/C19H37NO/c1-14(2)16-6-5-10-20(11-9-16)13-18-12-17(15(3)4)7-8-19(18)21/h14-19,21H,5-13H2,1-4H3. The summed E-state index contributed by atoms with van der Waals surface area (Å²) in [6, 6.07) is 0. The van der Waals surface area contributed by atoms with Crippen LogP contribution in [0.15, 0.2) is 0 Å². The first-order valence-corrected chi connectivity index (χ1v) is 9.37. The minimum Gasteiger partial charge on any atom is -0.393 e. The van der Waals surface area contributed by atoms with E-state index < -0.39 is 0 Å². The van der Waals surface area contributed by atoms with E-state index in [0.717, 1.165) is 36.6 Å². The van der Waals surface area contributed by atoms with Crippen molar-refractivity contribution in [2.45, 2.75) is 72.3 Å². The highest BCUT2D eigenvalue weighted by Gasteiger charge is 2.32. The van der Waals surface area contributed by atoms with Crippen LogP contribution in [0, 0.1) is 29.6 Å². The van der Waals surface area contributed by atoms with Gasteiger partial charge in [0.1, 0.15) is 0 Å². The zero-order valence-electron chi connectivity index (χ0n) is 14.7. The topological polar surface area (TPSA) is 23.5 Å². The lowest BCUT2D eigenvalue weighted by molar-refractivity contribution is 0.0188. The van der Waals surface area contributed by atoms with Gasteiger partial charge < -0.3 is 10.0 Å². The van der Waals surface area contributed by atoms with Gasteiger partial charge in [-0.1, -0.05) is 27.7 Å². The molecule has 2 aliphatic rings. The van der Waals surface area contributed by atoms with Crippen LogP contribution in [0.5, 0.6) is 0 Å². The Hall–Kier alpha value is -0.0800. The zero-order valence-corrected chi connectivity index (χ0v) is 14.7. The number of hydrogen-bond acceptors (Lipinski definition) is 2. The molecule has 0 aromatic rings. The van der Waals surface area contributed by atoms with Gasteiger partial charge in [-0.2, -0.15) is 0 Å². The minimum absolute atomic E-state index is 0.0517. The first-order valence-electron chi connectivity index (χ1n) is 9.37. The smallest absolute Gasteiger partial charge is 0.0580 e. The monoisotopic (exact) mass is 295 g/mol. The number of rotatable bonds is 4. The Morgan fingerprint density at radius 3 is 2.29 bits per heavy atom.